The van der Waals surface area contributed by atoms with Crippen LogP contribution in [0.3, 0.4) is 0 Å². The van der Waals surface area contributed by atoms with Crippen LogP contribution in [0.15, 0.2) is 55.0 Å². The Bertz CT molecular complexity index is 1500. The maximum Gasteiger partial charge on any atom is 0.321 e. The van der Waals surface area contributed by atoms with Crippen LogP contribution in [-0.4, -0.2) is 41.8 Å². The van der Waals surface area contributed by atoms with Crippen LogP contribution in [0, 0.1) is 10.1 Å². The molecule has 0 aliphatic carbocycles. The number of nitrogens with zero attached hydrogens (tertiary/aromatic N) is 4. The normalized spacial score (nSPS) is 11.3. The predicted molar refractivity (Wildman–Crippen MR) is 127 cm³/mol. The molecular weight excluding hydrogens is 458 g/mol. The molecule has 5 aromatic rings. The Morgan fingerprint density at radius 2 is 1.97 bits per heavy atom. The number of imidazole rings is 1. The Kier molecular flexibility index (Phi) is 5.57. The third-order valence-electron chi connectivity index (χ3n) is 5.54. The summed E-state index contributed by atoms with van der Waals surface area (Å²) in [5.41, 5.74) is 4.83. The van der Waals surface area contributed by atoms with Gasteiger partial charge in [0.25, 0.3) is 0 Å². The molecule has 0 aliphatic rings. The Hall–Kier alpha value is -4.06. The van der Waals surface area contributed by atoms with Gasteiger partial charge in [0.2, 0.25) is 0 Å². The Morgan fingerprint density at radius 3 is 2.62 bits per heavy atom. The average molecular weight is 478 g/mol. The standard InChI is InChI=1S/C23H19N5O5S/c1-33-21-16(11-30)14(10-29)8-18-22(21)34-23(26-18)13-2-4-15(5-3-13)27-12-24-9-19(27)17-6-7-20(25-17)28(31)32/h2-9,12,25,29-30H,10-11H2,1H3. The molecule has 10 nitrogen and oxygen atoms in total. The first-order chi connectivity index (χ1) is 16.5. The Morgan fingerprint density at radius 1 is 1.18 bits per heavy atom. The van der Waals surface area contributed by atoms with Gasteiger partial charge < -0.3 is 25.1 Å². The fourth-order valence-corrected chi connectivity index (χ4v) is 4.99. The first kappa shape index (κ1) is 21.8. The number of H-pyrrole nitrogens is 1. The highest BCUT2D eigenvalue weighted by atomic mass is 32.1. The molecule has 11 heteroatoms. The second kappa shape index (κ2) is 8.71. The molecule has 0 saturated carbocycles. The second-order valence-corrected chi connectivity index (χ2v) is 8.44. The van der Waals surface area contributed by atoms with Crippen LogP contribution in [0.25, 0.3) is 37.9 Å². The molecule has 0 unspecified atom stereocenters. The van der Waals surface area contributed by atoms with Gasteiger partial charge in [-0.1, -0.05) is 0 Å². The number of methoxy groups -OCH3 is 1. The topological polar surface area (TPSA) is 139 Å². The average Bonchev–Trinajstić information content (AvgIpc) is 3.61. The number of hydrogen-bond donors (Lipinski definition) is 3. The lowest BCUT2D eigenvalue weighted by Crippen LogP contribution is -1.99. The third-order valence-corrected chi connectivity index (χ3v) is 6.66. The predicted octanol–water partition coefficient (Wildman–Crippen LogP) is 4.05. The number of nitrogens with one attached hydrogen (secondary N) is 1. The molecule has 5 rings (SSSR count). The highest BCUT2D eigenvalue weighted by Gasteiger charge is 2.18. The minimum absolute atomic E-state index is 0.0851. The van der Waals surface area contributed by atoms with Gasteiger partial charge in [0, 0.05) is 22.9 Å². The van der Waals surface area contributed by atoms with E-state index in [4.69, 9.17) is 9.72 Å². The van der Waals surface area contributed by atoms with E-state index in [-0.39, 0.29) is 19.0 Å². The maximum atomic E-state index is 11.0. The third kappa shape index (κ3) is 3.61. The van der Waals surface area contributed by atoms with Crippen molar-refractivity contribution in [2.45, 2.75) is 13.2 Å². The highest BCUT2D eigenvalue weighted by Crippen LogP contribution is 2.40. The summed E-state index contributed by atoms with van der Waals surface area (Å²) in [5, 5.41) is 31.2. The van der Waals surface area contributed by atoms with Crippen molar-refractivity contribution < 1.29 is 19.9 Å². The van der Waals surface area contributed by atoms with Crippen LogP contribution in [-0.2, 0) is 13.2 Å². The van der Waals surface area contributed by atoms with E-state index in [2.05, 4.69) is 9.97 Å². The first-order valence-corrected chi connectivity index (χ1v) is 11.0. The van der Waals surface area contributed by atoms with Crippen molar-refractivity contribution in [3.8, 4) is 33.4 Å². The van der Waals surface area contributed by atoms with E-state index < -0.39 is 4.92 Å². The molecule has 0 fully saturated rings. The van der Waals surface area contributed by atoms with E-state index in [1.54, 1.807) is 24.7 Å². The maximum absolute atomic E-state index is 11.0. The minimum atomic E-state index is -0.473. The lowest BCUT2D eigenvalue weighted by molar-refractivity contribution is -0.389. The Balaban J connectivity index is 1.51. The number of thiazole rings is 1. The van der Waals surface area contributed by atoms with Gasteiger partial charge in [0.1, 0.15) is 16.5 Å². The van der Waals surface area contributed by atoms with Crippen LogP contribution >= 0.6 is 11.3 Å². The largest absolute Gasteiger partial charge is 0.495 e. The molecule has 0 aliphatic heterocycles. The zero-order chi connectivity index (χ0) is 23.8. The number of fused-ring (bicyclic) bond motifs is 1. The molecule has 34 heavy (non-hydrogen) atoms. The quantitative estimate of drug-likeness (QED) is 0.237. The van der Waals surface area contributed by atoms with Crippen LogP contribution in [0.4, 0.5) is 5.82 Å². The van der Waals surface area contributed by atoms with Gasteiger partial charge >= 0.3 is 5.82 Å². The number of aliphatic hydroxyl groups is 2. The number of hydrogen-bond acceptors (Lipinski definition) is 8. The van der Waals surface area contributed by atoms with E-state index in [1.807, 2.05) is 28.8 Å². The number of nitro groups is 1. The van der Waals surface area contributed by atoms with Gasteiger partial charge in [-0.2, -0.15) is 0 Å². The SMILES string of the molecule is COc1c(CO)c(CO)cc2nc(-c3ccc(-n4cncc4-c4ccc([N+](=O)[O-])[nH]4)cc3)sc12. The molecular formula is C23H19N5O5S. The van der Waals surface area contributed by atoms with Gasteiger partial charge in [0.05, 0.1) is 43.1 Å². The lowest BCUT2D eigenvalue weighted by Gasteiger charge is -2.11. The molecule has 0 atom stereocenters. The molecule has 0 radical (unpaired) electrons. The molecule has 0 saturated heterocycles. The van der Waals surface area contributed by atoms with Crippen molar-refractivity contribution in [1.82, 2.24) is 19.5 Å². The summed E-state index contributed by atoms with van der Waals surface area (Å²) in [7, 11) is 1.53. The van der Waals surface area contributed by atoms with Gasteiger partial charge in [-0.25, -0.2) is 15.0 Å². The smallest absolute Gasteiger partial charge is 0.321 e. The zero-order valence-electron chi connectivity index (χ0n) is 17.9. The molecule has 3 aromatic heterocycles. The van der Waals surface area contributed by atoms with Crippen molar-refractivity contribution in [2.24, 2.45) is 0 Å². The van der Waals surface area contributed by atoms with Crippen molar-refractivity contribution in [3.63, 3.8) is 0 Å². The molecule has 3 heterocycles. The van der Waals surface area contributed by atoms with E-state index in [9.17, 15) is 20.3 Å². The van der Waals surface area contributed by atoms with Crippen molar-refractivity contribution >= 4 is 27.4 Å². The molecule has 0 amide bonds. The van der Waals surface area contributed by atoms with Crippen molar-refractivity contribution in [1.29, 1.82) is 0 Å². The van der Waals surface area contributed by atoms with Crippen LogP contribution in [0.1, 0.15) is 11.1 Å². The van der Waals surface area contributed by atoms with Crippen molar-refractivity contribution in [3.05, 3.63) is 76.2 Å². The van der Waals surface area contributed by atoms with Gasteiger partial charge in [0.15, 0.2) is 5.69 Å². The van der Waals surface area contributed by atoms with Gasteiger partial charge in [-0.15, -0.1) is 11.3 Å². The molecule has 172 valence electrons. The number of aliphatic hydroxyl groups excluding tert-OH is 2. The summed E-state index contributed by atoms with van der Waals surface area (Å²) in [4.78, 5) is 22.2. The summed E-state index contributed by atoms with van der Waals surface area (Å²) >= 11 is 1.44. The van der Waals surface area contributed by atoms with E-state index in [1.165, 1.54) is 24.5 Å². The first-order valence-electron chi connectivity index (χ1n) is 10.2. The monoisotopic (exact) mass is 477 g/mol. The fourth-order valence-electron chi connectivity index (χ4n) is 3.89. The summed E-state index contributed by atoms with van der Waals surface area (Å²) in [6.07, 6.45) is 3.28. The van der Waals surface area contributed by atoms with Crippen LogP contribution in [0.2, 0.25) is 0 Å². The van der Waals surface area contributed by atoms with Crippen molar-refractivity contribution in [2.75, 3.05) is 7.11 Å². The molecule has 3 N–H and O–H groups in total. The number of benzene rings is 2. The van der Waals surface area contributed by atoms with Crippen LogP contribution < -0.4 is 4.74 Å². The summed E-state index contributed by atoms with van der Waals surface area (Å²) in [6, 6.07) is 12.5. The Labute approximate surface area is 196 Å². The number of ether oxygens (including phenoxy) is 1. The molecule has 2 aromatic carbocycles. The number of rotatable bonds is 7. The van der Waals surface area contributed by atoms with E-state index >= 15 is 0 Å². The highest BCUT2D eigenvalue weighted by molar-refractivity contribution is 7.22. The number of aromatic nitrogens is 4. The lowest BCUT2D eigenvalue weighted by atomic mass is 10.1. The minimum Gasteiger partial charge on any atom is -0.495 e. The van der Waals surface area contributed by atoms with E-state index in [0.717, 1.165) is 21.0 Å². The zero-order valence-corrected chi connectivity index (χ0v) is 18.7. The molecule has 0 spiro atoms. The molecule has 0 bridgehead atoms. The van der Waals surface area contributed by atoms with E-state index in [0.29, 0.717) is 33.8 Å². The summed E-state index contributed by atoms with van der Waals surface area (Å²) < 4.78 is 8.16. The summed E-state index contributed by atoms with van der Waals surface area (Å²) in [5.74, 6) is 0.436. The fraction of sp³-hybridized carbons (Fsp3) is 0.130. The van der Waals surface area contributed by atoms with Gasteiger partial charge in [-0.05, 0) is 46.9 Å². The van der Waals surface area contributed by atoms with Crippen LogP contribution in [0.5, 0.6) is 5.75 Å². The number of aromatic amines is 1. The van der Waals surface area contributed by atoms with Gasteiger partial charge in [-0.3, -0.25) is 4.57 Å². The second-order valence-electron chi connectivity index (χ2n) is 7.44. The summed E-state index contributed by atoms with van der Waals surface area (Å²) in [6.45, 7) is -0.463.